The van der Waals surface area contributed by atoms with E-state index in [1.54, 1.807) is 0 Å². The summed E-state index contributed by atoms with van der Waals surface area (Å²) in [7, 11) is 0. The zero-order chi connectivity index (χ0) is 15.8. The van der Waals surface area contributed by atoms with E-state index in [9.17, 15) is 4.79 Å². The van der Waals surface area contributed by atoms with Crippen molar-refractivity contribution >= 4 is 12.0 Å². The number of nitrogens with zero attached hydrogens (tertiary/aromatic N) is 2. The van der Waals surface area contributed by atoms with Crippen LogP contribution in [0.25, 0.3) is 6.08 Å². The third-order valence-electron chi connectivity index (χ3n) is 4.07. The molecule has 1 saturated heterocycles. The van der Waals surface area contributed by atoms with Crippen LogP contribution in [0.4, 0.5) is 0 Å². The fourth-order valence-electron chi connectivity index (χ4n) is 2.72. The number of nitrogens with two attached hydrogens (primary N) is 1. The Kier molecular flexibility index (Phi) is 6.62. The van der Waals surface area contributed by atoms with Gasteiger partial charge in [0.2, 0.25) is 5.91 Å². The van der Waals surface area contributed by atoms with Crippen molar-refractivity contribution in [3.63, 3.8) is 0 Å². The third-order valence-corrected chi connectivity index (χ3v) is 4.07. The van der Waals surface area contributed by atoms with E-state index >= 15 is 0 Å². The van der Waals surface area contributed by atoms with Gasteiger partial charge < -0.3 is 10.6 Å². The number of carbonyl (C=O) groups excluding carboxylic acids is 1. The minimum absolute atomic E-state index is 0.112. The molecule has 0 saturated carbocycles. The van der Waals surface area contributed by atoms with Crippen molar-refractivity contribution in [3.05, 3.63) is 42.0 Å². The lowest BCUT2D eigenvalue weighted by Gasteiger charge is -2.35. The summed E-state index contributed by atoms with van der Waals surface area (Å²) < 4.78 is 0. The van der Waals surface area contributed by atoms with Gasteiger partial charge in [0.25, 0.3) is 0 Å². The van der Waals surface area contributed by atoms with Crippen LogP contribution in [-0.2, 0) is 4.79 Å². The molecule has 1 unspecified atom stereocenters. The van der Waals surface area contributed by atoms with Crippen molar-refractivity contribution in [3.8, 4) is 0 Å². The molecular weight excluding hydrogens is 274 g/mol. The number of rotatable bonds is 6. The maximum Gasteiger partial charge on any atom is 0.239 e. The molecule has 1 amide bonds. The van der Waals surface area contributed by atoms with Gasteiger partial charge in [-0.3, -0.25) is 9.69 Å². The van der Waals surface area contributed by atoms with Gasteiger partial charge >= 0.3 is 0 Å². The average Bonchev–Trinajstić information content (AvgIpc) is 2.56. The molecule has 1 aromatic rings. The van der Waals surface area contributed by atoms with Crippen LogP contribution in [0, 0.1) is 0 Å². The average molecular weight is 301 g/mol. The second-order valence-corrected chi connectivity index (χ2v) is 5.83. The summed E-state index contributed by atoms with van der Waals surface area (Å²) in [6.45, 7) is 6.40. The first kappa shape index (κ1) is 16.7. The predicted molar refractivity (Wildman–Crippen MR) is 91.4 cm³/mol. The molecule has 1 aliphatic heterocycles. The molecule has 4 heteroatoms. The number of piperazine rings is 1. The smallest absolute Gasteiger partial charge is 0.239 e. The molecule has 1 atom stereocenters. The molecule has 2 N–H and O–H groups in total. The fraction of sp³-hybridized carbons (Fsp3) is 0.500. The Morgan fingerprint density at radius 2 is 1.91 bits per heavy atom. The summed E-state index contributed by atoms with van der Waals surface area (Å²) in [5.41, 5.74) is 7.15. The van der Waals surface area contributed by atoms with Crippen LogP contribution in [0.2, 0.25) is 0 Å². The van der Waals surface area contributed by atoms with E-state index in [1.165, 1.54) is 5.56 Å². The molecule has 2 rings (SSSR count). The van der Waals surface area contributed by atoms with E-state index in [4.69, 9.17) is 5.73 Å². The van der Waals surface area contributed by atoms with E-state index in [0.29, 0.717) is 0 Å². The summed E-state index contributed by atoms with van der Waals surface area (Å²) in [4.78, 5) is 16.4. The first-order valence-electron chi connectivity index (χ1n) is 8.19. The Balaban J connectivity index is 1.73. The van der Waals surface area contributed by atoms with Crippen molar-refractivity contribution in [2.45, 2.75) is 25.8 Å². The second-order valence-electron chi connectivity index (χ2n) is 5.83. The van der Waals surface area contributed by atoms with Gasteiger partial charge in [-0.2, -0.15) is 0 Å². The first-order chi connectivity index (χ1) is 10.7. The molecule has 120 valence electrons. The maximum atomic E-state index is 12.2. The van der Waals surface area contributed by atoms with E-state index < -0.39 is 0 Å². The highest BCUT2D eigenvalue weighted by Gasteiger charge is 2.24. The third kappa shape index (κ3) is 4.97. The quantitative estimate of drug-likeness (QED) is 0.874. The van der Waals surface area contributed by atoms with Crippen molar-refractivity contribution in [2.75, 3.05) is 32.7 Å². The summed E-state index contributed by atoms with van der Waals surface area (Å²) in [5, 5.41) is 0. The zero-order valence-corrected chi connectivity index (χ0v) is 13.4. The highest BCUT2D eigenvalue weighted by atomic mass is 16.2. The predicted octanol–water partition coefficient (Wildman–Crippen LogP) is 1.97. The Morgan fingerprint density at radius 1 is 1.23 bits per heavy atom. The van der Waals surface area contributed by atoms with Crippen molar-refractivity contribution < 1.29 is 4.79 Å². The lowest BCUT2D eigenvalue weighted by Crippen LogP contribution is -2.53. The van der Waals surface area contributed by atoms with Crippen LogP contribution >= 0.6 is 0 Å². The largest absolute Gasteiger partial charge is 0.339 e. The fourth-order valence-corrected chi connectivity index (χ4v) is 2.72. The van der Waals surface area contributed by atoms with Crippen LogP contribution in [0.1, 0.15) is 25.3 Å². The Bertz CT molecular complexity index is 478. The van der Waals surface area contributed by atoms with E-state index in [-0.39, 0.29) is 11.9 Å². The van der Waals surface area contributed by atoms with Crippen molar-refractivity contribution in [1.29, 1.82) is 0 Å². The molecule has 0 aromatic heterocycles. The number of hydrogen-bond acceptors (Lipinski definition) is 3. The molecule has 1 aliphatic rings. The standard InChI is InChI=1S/C18H27N3O/c1-2-7-17(19)18(22)21-14-12-20(13-15-21)11-6-10-16-8-4-3-5-9-16/h3-6,8-10,17H,2,7,11-15,19H2,1H3/b10-6+. The summed E-state index contributed by atoms with van der Waals surface area (Å²) in [6, 6.07) is 9.99. The van der Waals surface area contributed by atoms with E-state index in [0.717, 1.165) is 45.6 Å². The summed E-state index contributed by atoms with van der Waals surface area (Å²) >= 11 is 0. The highest BCUT2D eigenvalue weighted by molar-refractivity contribution is 5.81. The Labute approximate surface area is 133 Å². The van der Waals surface area contributed by atoms with Gasteiger partial charge in [-0.1, -0.05) is 55.8 Å². The molecule has 0 bridgehead atoms. The minimum Gasteiger partial charge on any atom is -0.339 e. The number of amides is 1. The lowest BCUT2D eigenvalue weighted by atomic mass is 10.1. The number of carbonyl (C=O) groups is 1. The van der Waals surface area contributed by atoms with Crippen LogP contribution in [0.15, 0.2) is 36.4 Å². The summed E-state index contributed by atoms with van der Waals surface area (Å²) in [5.74, 6) is 0.112. The Hall–Kier alpha value is -1.65. The van der Waals surface area contributed by atoms with Gasteiger partial charge in [-0.25, -0.2) is 0 Å². The highest BCUT2D eigenvalue weighted by Crippen LogP contribution is 2.07. The second kappa shape index (κ2) is 8.71. The van der Waals surface area contributed by atoms with Gasteiger partial charge in [-0.05, 0) is 12.0 Å². The van der Waals surface area contributed by atoms with Gasteiger partial charge in [0.15, 0.2) is 0 Å². The van der Waals surface area contributed by atoms with Crippen LogP contribution in [0.5, 0.6) is 0 Å². The van der Waals surface area contributed by atoms with Gasteiger partial charge in [0, 0.05) is 32.7 Å². The molecule has 0 spiro atoms. The molecule has 22 heavy (non-hydrogen) atoms. The Morgan fingerprint density at radius 3 is 2.55 bits per heavy atom. The molecule has 1 aromatic carbocycles. The zero-order valence-electron chi connectivity index (χ0n) is 13.4. The molecule has 1 heterocycles. The lowest BCUT2D eigenvalue weighted by molar-refractivity contribution is -0.134. The van der Waals surface area contributed by atoms with E-state index in [1.807, 2.05) is 23.1 Å². The van der Waals surface area contributed by atoms with Crippen molar-refractivity contribution in [2.24, 2.45) is 5.73 Å². The number of benzene rings is 1. The number of hydrogen-bond donors (Lipinski definition) is 1. The van der Waals surface area contributed by atoms with Crippen LogP contribution in [0.3, 0.4) is 0 Å². The van der Waals surface area contributed by atoms with Gasteiger partial charge in [0.1, 0.15) is 0 Å². The van der Waals surface area contributed by atoms with E-state index in [2.05, 4.69) is 36.1 Å². The van der Waals surface area contributed by atoms with Gasteiger partial charge in [0.05, 0.1) is 6.04 Å². The molecule has 1 fully saturated rings. The first-order valence-corrected chi connectivity index (χ1v) is 8.19. The topological polar surface area (TPSA) is 49.6 Å². The van der Waals surface area contributed by atoms with Crippen LogP contribution in [-0.4, -0.2) is 54.5 Å². The maximum absolute atomic E-state index is 12.2. The minimum atomic E-state index is -0.325. The molecule has 0 aliphatic carbocycles. The van der Waals surface area contributed by atoms with Crippen molar-refractivity contribution in [1.82, 2.24) is 9.80 Å². The SMILES string of the molecule is CCCC(N)C(=O)N1CCN(C/C=C/c2ccccc2)CC1. The molecule has 0 radical (unpaired) electrons. The molecular formula is C18H27N3O. The monoisotopic (exact) mass is 301 g/mol. The molecule has 4 nitrogen and oxygen atoms in total. The summed E-state index contributed by atoms with van der Waals surface area (Å²) in [6.07, 6.45) is 6.07. The normalized spacial score (nSPS) is 17.8. The van der Waals surface area contributed by atoms with Gasteiger partial charge in [-0.15, -0.1) is 0 Å². The van der Waals surface area contributed by atoms with Crippen LogP contribution < -0.4 is 5.73 Å².